The molecule has 35 heavy (non-hydrogen) atoms. The number of oxime groups is 1. The van der Waals surface area contributed by atoms with Crippen LogP contribution in [0.3, 0.4) is 0 Å². The molecule has 0 aliphatic heterocycles. The number of thiazole rings is 1. The fourth-order valence-corrected chi connectivity index (χ4v) is 4.80. The van der Waals surface area contributed by atoms with Crippen LogP contribution in [-0.4, -0.2) is 40.4 Å². The Morgan fingerprint density at radius 2 is 1.49 bits per heavy atom. The van der Waals surface area contributed by atoms with Crippen molar-refractivity contribution in [1.82, 2.24) is 4.98 Å². The number of carboxylic acid groups (broad SMARTS) is 1. The lowest BCUT2D eigenvalue weighted by Crippen LogP contribution is -2.38. The second-order valence-corrected chi connectivity index (χ2v) is 9.43. The monoisotopic (exact) mass is 503 g/mol. The minimum atomic E-state index is -1.19. The van der Waals surface area contributed by atoms with Crippen LogP contribution in [-0.2, 0) is 15.2 Å². The SMILES string of the molecule is CSCCO/N=C(/C(=O)O)c1csc(NC(c2ccccc2)(c2ccccc2)c2ccccc2)n1. The van der Waals surface area contributed by atoms with Gasteiger partial charge in [-0.15, -0.1) is 11.3 Å². The van der Waals surface area contributed by atoms with E-state index in [1.807, 2.05) is 60.9 Å². The number of aliphatic carboxylic acids is 1. The zero-order valence-corrected chi connectivity index (χ0v) is 20.8. The molecule has 0 atom stereocenters. The number of thioether (sulfide) groups is 1. The summed E-state index contributed by atoms with van der Waals surface area (Å²) in [5.74, 6) is -0.472. The summed E-state index contributed by atoms with van der Waals surface area (Å²) in [5.41, 5.74) is 2.36. The normalized spacial score (nSPS) is 11.7. The van der Waals surface area contributed by atoms with Gasteiger partial charge in [-0.3, -0.25) is 0 Å². The van der Waals surface area contributed by atoms with Crippen LogP contribution < -0.4 is 5.32 Å². The van der Waals surface area contributed by atoms with Crippen molar-refractivity contribution in [3.8, 4) is 0 Å². The van der Waals surface area contributed by atoms with Gasteiger partial charge in [-0.05, 0) is 22.9 Å². The van der Waals surface area contributed by atoms with Gasteiger partial charge in [-0.1, -0.05) is 96.2 Å². The van der Waals surface area contributed by atoms with Crippen LogP contribution in [0.25, 0.3) is 0 Å². The molecule has 4 aromatic rings. The van der Waals surface area contributed by atoms with Crippen LogP contribution in [0.1, 0.15) is 22.4 Å². The van der Waals surface area contributed by atoms with E-state index in [1.54, 1.807) is 17.1 Å². The van der Waals surface area contributed by atoms with Crippen LogP contribution in [0.4, 0.5) is 5.13 Å². The molecule has 4 rings (SSSR count). The largest absolute Gasteiger partial charge is 0.476 e. The van der Waals surface area contributed by atoms with Gasteiger partial charge in [0.25, 0.3) is 0 Å². The third-order valence-electron chi connectivity index (χ3n) is 5.40. The first-order chi connectivity index (χ1) is 17.1. The van der Waals surface area contributed by atoms with Crippen molar-refractivity contribution in [2.24, 2.45) is 5.16 Å². The summed E-state index contributed by atoms with van der Waals surface area (Å²) in [6.45, 7) is 0.326. The van der Waals surface area contributed by atoms with Crippen molar-refractivity contribution in [2.45, 2.75) is 5.54 Å². The van der Waals surface area contributed by atoms with Crippen LogP contribution in [0.15, 0.2) is 102 Å². The number of nitrogens with one attached hydrogen (secondary N) is 1. The molecule has 0 unspecified atom stereocenters. The highest BCUT2D eigenvalue weighted by atomic mass is 32.2. The number of hydrogen-bond donors (Lipinski definition) is 2. The molecule has 0 radical (unpaired) electrons. The number of rotatable bonds is 11. The Balaban J connectivity index is 1.80. The lowest BCUT2D eigenvalue weighted by molar-refractivity contribution is -0.129. The molecule has 0 saturated heterocycles. The molecule has 0 saturated carbocycles. The van der Waals surface area contributed by atoms with Gasteiger partial charge in [0.1, 0.15) is 17.8 Å². The molecule has 1 heterocycles. The van der Waals surface area contributed by atoms with Gasteiger partial charge >= 0.3 is 5.97 Å². The van der Waals surface area contributed by atoms with E-state index in [0.717, 1.165) is 16.7 Å². The van der Waals surface area contributed by atoms with Gasteiger partial charge in [-0.2, -0.15) is 11.8 Å². The Labute approximate surface area is 212 Å². The van der Waals surface area contributed by atoms with Gasteiger partial charge in [0, 0.05) is 11.1 Å². The first kappa shape index (κ1) is 24.5. The number of anilines is 1. The zero-order valence-electron chi connectivity index (χ0n) is 19.1. The third-order valence-corrected chi connectivity index (χ3v) is 6.73. The van der Waals surface area contributed by atoms with Crippen molar-refractivity contribution in [3.05, 3.63) is 119 Å². The van der Waals surface area contributed by atoms with E-state index in [4.69, 9.17) is 4.84 Å². The second kappa shape index (κ2) is 11.7. The number of benzene rings is 3. The molecule has 1 aromatic heterocycles. The first-order valence-electron chi connectivity index (χ1n) is 11.0. The van der Waals surface area contributed by atoms with Gasteiger partial charge < -0.3 is 15.3 Å². The molecule has 3 aromatic carbocycles. The van der Waals surface area contributed by atoms with Crippen molar-refractivity contribution in [1.29, 1.82) is 0 Å². The fourth-order valence-electron chi connectivity index (χ4n) is 3.81. The minimum Gasteiger partial charge on any atom is -0.476 e. The van der Waals surface area contributed by atoms with Crippen molar-refractivity contribution in [2.75, 3.05) is 23.9 Å². The molecule has 8 heteroatoms. The lowest BCUT2D eigenvalue weighted by atomic mass is 9.77. The molecular formula is C27H25N3O3S2. The number of carbonyl (C=O) groups is 1. The van der Waals surface area contributed by atoms with Gasteiger partial charge in [0.05, 0.1) is 0 Å². The Bertz CT molecular complexity index is 1170. The smallest absolute Gasteiger partial charge is 0.360 e. The molecule has 0 amide bonds. The minimum absolute atomic E-state index is 0.222. The molecule has 178 valence electrons. The maximum Gasteiger partial charge on any atom is 0.360 e. The van der Waals surface area contributed by atoms with Gasteiger partial charge in [0.2, 0.25) is 5.71 Å². The maximum absolute atomic E-state index is 11.9. The molecule has 2 N–H and O–H groups in total. The van der Waals surface area contributed by atoms with Crippen molar-refractivity contribution >= 4 is 39.9 Å². The summed E-state index contributed by atoms with van der Waals surface area (Å²) in [6, 6.07) is 30.4. The van der Waals surface area contributed by atoms with Crippen molar-refractivity contribution < 1.29 is 14.7 Å². The molecule has 0 aliphatic carbocycles. The number of aromatic nitrogens is 1. The topological polar surface area (TPSA) is 83.8 Å². The molecule has 6 nitrogen and oxygen atoms in total. The lowest BCUT2D eigenvalue weighted by Gasteiger charge is -2.36. The number of nitrogens with zero attached hydrogens (tertiary/aromatic N) is 2. The van der Waals surface area contributed by atoms with E-state index < -0.39 is 11.5 Å². The summed E-state index contributed by atoms with van der Waals surface area (Å²) in [4.78, 5) is 21.7. The number of carboxylic acids is 1. The highest BCUT2D eigenvalue weighted by Gasteiger charge is 2.37. The predicted molar refractivity (Wildman–Crippen MR) is 143 cm³/mol. The molecule has 0 bridgehead atoms. The summed E-state index contributed by atoms with van der Waals surface area (Å²) in [5, 5.41) is 19.4. The Morgan fingerprint density at radius 3 is 1.94 bits per heavy atom. The van der Waals surface area contributed by atoms with E-state index in [-0.39, 0.29) is 11.4 Å². The van der Waals surface area contributed by atoms with E-state index in [0.29, 0.717) is 17.5 Å². The highest BCUT2D eigenvalue weighted by Crippen LogP contribution is 2.40. The fraction of sp³-hybridized carbons (Fsp3) is 0.148. The third kappa shape index (κ3) is 5.55. The average Bonchev–Trinajstić information content (AvgIpc) is 3.36. The summed E-state index contributed by atoms with van der Waals surface area (Å²) in [6.07, 6.45) is 1.95. The molecule has 0 aliphatic rings. The first-order valence-corrected chi connectivity index (χ1v) is 13.3. The Kier molecular flexibility index (Phi) is 8.18. The van der Waals surface area contributed by atoms with E-state index in [9.17, 15) is 9.90 Å². The van der Waals surface area contributed by atoms with Crippen LogP contribution in [0.2, 0.25) is 0 Å². The molecule has 0 fully saturated rings. The average molecular weight is 504 g/mol. The maximum atomic E-state index is 11.9. The van der Waals surface area contributed by atoms with Gasteiger partial charge in [0.15, 0.2) is 5.13 Å². The summed E-state index contributed by atoms with van der Waals surface area (Å²) < 4.78 is 0. The van der Waals surface area contributed by atoms with E-state index >= 15 is 0 Å². The predicted octanol–water partition coefficient (Wildman–Crippen LogP) is 5.72. The van der Waals surface area contributed by atoms with Crippen molar-refractivity contribution in [3.63, 3.8) is 0 Å². The molecule has 0 spiro atoms. The van der Waals surface area contributed by atoms with E-state index in [1.165, 1.54) is 11.3 Å². The summed E-state index contributed by atoms with van der Waals surface area (Å²) >= 11 is 2.92. The van der Waals surface area contributed by atoms with E-state index in [2.05, 4.69) is 51.9 Å². The summed E-state index contributed by atoms with van der Waals surface area (Å²) in [7, 11) is 0. The van der Waals surface area contributed by atoms with Crippen LogP contribution >= 0.6 is 23.1 Å². The number of hydrogen-bond acceptors (Lipinski definition) is 7. The zero-order chi connectivity index (χ0) is 24.5. The highest BCUT2D eigenvalue weighted by molar-refractivity contribution is 7.98. The molecular weight excluding hydrogens is 478 g/mol. The Morgan fingerprint density at radius 1 is 0.971 bits per heavy atom. The Hall–Kier alpha value is -3.62. The van der Waals surface area contributed by atoms with Crippen LogP contribution in [0, 0.1) is 0 Å². The van der Waals surface area contributed by atoms with Crippen LogP contribution in [0.5, 0.6) is 0 Å². The second-order valence-electron chi connectivity index (χ2n) is 7.58. The standard InChI is InChI=1S/C27H25N3O3S2/c1-34-18-17-33-30-24(25(31)32)23-19-35-26(28-23)29-27(20-11-5-2-6-12-20,21-13-7-3-8-14-21)22-15-9-4-10-16-22/h2-16,19H,17-18H2,1H3,(H,28,29)(H,31,32)/b30-24+. The van der Waals surface area contributed by atoms with Gasteiger partial charge in [-0.25, -0.2) is 9.78 Å². The quantitative estimate of drug-likeness (QED) is 0.118.